The van der Waals surface area contributed by atoms with Gasteiger partial charge in [0.2, 0.25) is 0 Å². The van der Waals surface area contributed by atoms with Crippen molar-refractivity contribution in [2.24, 2.45) is 0 Å². The fourth-order valence-electron chi connectivity index (χ4n) is 3.12. The molecule has 0 saturated carbocycles. The maximum Gasteiger partial charge on any atom is 0.257 e. The molecule has 0 aliphatic rings. The summed E-state index contributed by atoms with van der Waals surface area (Å²) in [7, 11) is 2.24. The van der Waals surface area contributed by atoms with Gasteiger partial charge in [-0.3, -0.25) is 4.57 Å². The van der Waals surface area contributed by atoms with E-state index in [1.54, 1.807) is 0 Å². The molecule has 0 heterocycles. The SMILES string of the molecule is CO[P@@](=O)(c1ccc(N(C)C)cc1)[C@H](Nc1ccccc1)c1ccc(C)cc1. The quantitative estimate of drug-likeness (QED) is 0.543. The summed E-state index contributed by atoms with van der Waals surface area (Å²) in [4.78, 5) is 2.02. The number of anilines is 2. The van der Waals surface area contributed by atoms with Gasteiger partial charge in [-0.2, -0.15) is 0 Å². The van der Waals surface area contributed by atoms with Crippen LogP contribution in [0.1, 0.15) is 16.9 Å². The van der Waals surface area contributed by atoms with Gasteiger partial charge in [-0.15, -0.1) is 0 Å². The molecule has 146 valence electrons. The number of aryl methyl sites for hydroxylation is 1. The summed E-state index contributed by atoms with van der Waals surface area (Å²) in [6, 6.07) is 25.6. The minimum atomic E-state index is -3.24. The van der Waals surface area contributed by atoms with Crippen molar-refractivity contribution in [1.29, 1.82) is 0 Å². The molecule has 2 atom stereocenters. The lowest BCUT2D eigenvalue weighted by molar-refractivity contribution is 0.396. The van der Waals surface area contributed by atoms with Crippen LogP contribution in [-0.4, -0.2) is 21.2 Å². The summed E-state index contributed by atoms with van der Waals surface area (Å²) in [5.41, 5.74) is 4.03. The van der Waals surface area contributed by atoms with Crippen LogP contribution in [0.15, 0.2) is 78.9 Å². The Bertz CT molecular complexity index is 939. The van der Waals surface area contributed by atoms with E-state index in [2.05, 4.69) is 5.32 Å². The van der Waals surface area contributed by atoms with Crippen molar-refractivity contribution in [3.63, 3.8) is 0 Å². The molecule has 0 aliphatic carbocycles. The maximum atomic E-state index is 14.2. The fraction of sp³-hybridized carbons (Fsp3) is 0.217. The minimum Gasteiger partial charge on any atom is -0.378 e. The Morgan fingerprint density at radius 1 is 0.893 bits per heavy atom. The van der Waals surface area contributed by atoms with E-state index in [-0.39, 0.29) is 0 Å². The van der Waals surface area contributed by atoms with Crippen LogP contribution in [0.5, 0.6) is 0 Å². The molecule has 0 saturated heterocycles. The van der Waals surface area contributed by atoms with E-state index < -0.39 is 13.2 Å². The first-order chi connectivity index (χ1) is 13.4. The lowest BCUT2D eigenvalue weighted by Gasteiger charge is -2.29. The topological polar surface area (TPSA) is 41.6 Å². The number of nitrogens with zero attached hydrogens (tertiary/aromatic N) is 1. The molecule has 0 bridgehead atoms. The maximum absolute atomic E-state index is 14.2. The van der Waals surface area contributed by atoms with Gasteiger partial charge in [0.1, 0.15) is 5.78 Å². The van der Waals surface area contributed by atoms with Crippen molar-refractivity contribution in [2.45, 2.75) is 12.7 Å². The second-order valence-electron chi connectivity index (χ2n) is 7.01. The molecule has 0 radical (unpaired) electrons. The molecular weight excluding hydrogens is 367 g/mol. The van der Waals surface area contributed by atoms with E-state index in [0.717, 1.165) is 22.5 Å². The molecular formula is C23H27N2O2P. The highest BCUT2D eigenvalue weighted by Gasteiger charge is 2.36. The number of benzene rings is 3. The number of para-hydroxylation sites is 1. The minimum absolute atomic E-state index is 0.495. The molecule has 0 aromatic heterocycles. The Labute approximate surface area is 167 Å². The Morgan fingerprint density at radius 3 is 2.04 bits per heavy atom. The Hall–Kier alpha value is -2.55. The van der Waals surface area contributed by atoms with Crippen molar-refractivity contribution in [3.8, 4) is 0 Å². The van der Waals surface area contributed by atoms with Crippen LogP contribution in [0.3, 0.4) is 0 Å². The van der Waals surface area contributed by atoms with Crippen molar-refractivity contribution in [2.75, 3.05) is 31.4 Å². The Balaban J connectivity index is 2.07. The van der Waals surface area contributed by atoms with Crippen molar-refractivity contribution < 1.29 is 9.09 Å². The van der Waals surface area contributed by atoms with Gasteiger partial charge in [0.25, 0.3) is 7.37 Å². The predicted molar refractivity (Wildman–Crippen MR) is 119 cm³/mol. The largest absolute Gasteiger partial charge is 0.378 e. The van der Waals surface area contributed by atoms with Gasteiger partial charge in [-0.1, -0.05) is 48.0 Å². The molecule has 3 rings (SSSR count). The molecule has 4 nitrogen and oxygen atoms in total. The highest BCUT2D eigenvalue weighted by atomic mass is 31.2. The Morgan fingerprint density at radius 2 is 1.50 bits per heavy atom. The molecule has 3 aromatic carbocycles. The third-order valence-electron chi connectivity index (χ3n) is 4.81. The van der Waals surface area contributed by atoms with E-state index in [1.807, 2.05) is 105 Å². The first-order valence-electron chi connectivity index (χ1n) is 9.25. The highest BCUT2D eigenvalue weighted by Crippen LogP contribution is 2.58. The van der Waals surface area contributed by atoms with Crippen molar-refractivity contribution >= 4 is 24.0 Å². The van der Waals surface area contributed by atoms with Gasteiger partial charge in [0.15, 0.2) is 0 Å². The monoisotopic (exact) mass is 394 g/mol. The van der Waals surface area contributed by atoms with Crippen molar-refractivity contribution in [3.05, 3.63) is 90.0 Å². The van der Waals surface area contributed by atoms with Gasteiger partial charge in [-0.05, 0) is 48.9 Å². The summed E-state index contributed by atoms with van der Waals surface area (Å²) in [5.74, 6) is -0.495. The predicted octanol–water partition coefficient (Wildman–Crippen LogP) is 5.42. The third kappa shape index (κ3) is 4.30. The third-order valence-corrected chi connectivity index (χ3v) is 7.47. The lowest BCUT2D eigenvalue weighted by Crippen LogP contribution is -2.20. The van der Waals surface area contributed by atoms with Crippen LogP contribution < -0.4 is 15.5 Å². The van der Waals surface area contributed by atoms with E-state index in [4.69, 9.17) is 4.52 Å². The van der Waals surface area contributed by atoms with E-state index >= 15 is 0 Å². The standard InChI is InChI=1S/C23H27N2O2P/c1-18-10-12-19(13-11-18)23(24-20-8-6-5-7-9-20)28(26,27-4)22-16-14-21(15-17-22)25(2)3/h5-17,23-24H,1-4H3/t23-,28-/m0/s1. The Kier molecular flexibility index (Phi) is 6.23. The zero-order valence-corrected chi connectivity index (χ0v) is 17.7. The van der Waals surface area contributed by atoms with Gasteiger partial charge < -0.3 is 14.7 Å². The average molecular weight is 394 g/mol. The number of nitrogens with one attached hydrogen (secondary N) is 1. The summed E-state index contributed by atoms with van der Waals surface area (Å²) in [6.07, 6.45) is 0. The number of hydrogen-bond donors (Lipinski definition) is 1. The number of hydrogen-bond acceptors (Lipinski definition) is 4. The van der Waals surface area contributed by atoms with E-state index in [1.165, 1.54) is 7.11 Å². The van der Waals surface area contributed by atoms with E-state index in [0.29, 0.717) is 5.30 Å². The fourth-order valence-corrected chi connectivity index (χ4v) is 5.29. The van der Waals surface area contributed by atoms with Crippen LogP contribution >= 0.6 is 7.37 Å². The molecule has 3 aromatic rings. The van der Waals surface area contributed by atoms with Gasteiger partial charge >= 0.3 is 0 Å². The summed E-state index contributed by atoms with van der Waals surface area (Å²) in [5, 5.41) is 4.13. The van der Waals surface area contributed by atoms with Gasteiger partial charge in [0.05, 0.1) is 0 Å². The second kappa shape index (κ2) is 8.64. The molecule has 0 unspecified atom stereocenters. The first-order valence-corrected chi connectivity index (χ1v) is 10.9. The molecule has 5 heteroatoms. The summed E-state index contributed by atoms with van der Waals surface area (Å²) >= 11 is 0. The summed E-state index contributed by atoms with van der Waals surface area (Å²) < 4.78 is 19.9. The molecule has 0 fully saturated rings. The average Bonchev–Trinajstić information content (AvgIpc) is 2.73. The zero-order chi connectivity index (χ0) is 20.1. The van der Waals surface area contributed by atoms with Gasteiger partial charge in [-0.25, -0.2) is 0 Å². The van der Waals surface area contributed by atoms with E-state index in [9.17, 15) is 4.57 Å². The zero-order valence-electron chi connectivity index (χ0n) is 16.8. The van der Waals surface area contributed by atoms with Crippen LogP contribution in [0.4, 0.5) is 11.4 Å². The molecule has 1 N–H and O–H groups in total. The van der Waals surface area contributed by atoms with Crippen LogP contribution in [0.2, 0.25) is 0 Å². The van der Waals surface area contributed by atoms with Gasteiger partial charge in [0, 0.05) is 37.9 Å². The molecule has 28 heavy (non-hydrogen) atoms. The summed E-state index contributed by atoms with van der Waals surface area (Å²) in [6.45, 7) is 2.04. The molecule has 0 aliphatic heterocycles. The molecule has 0 spiro atoms. The smallest absolute Gasteiger partial charge is 0.257 e. The molecule has 0 amide bonds. The second-order valence-corrected chi connectivity index (χ2v) is 9.61. The normalized spacial score (nSPS) is 14.1. The first kappa shape index (κ1) is 20.2. The highest BCUT2D eigenvalue weighted by molar-refractivity contribution is 7.67. The van der Waals surface area contributed by atoms with Crippen LogP contribution in [0.25, 0.3) is 0 Å². The number of rotatable bonds is 7. The van der Waals surface area contributed by atoms with Crippen LogP contribution in [0, 0.1) is 6.92 Å². The van der Waals surface area contributed by atoms with Crippen molar-refractivity contribution in [1.82, 2.24) is 0 Å². The lowest BCUT2D eigenvalue weighted by atomic mass is 10.1. The van der Waals surface area contributed by atoms with Crippen LogP contribution in [-0.2, 0) is 9.09 Å².